The molecule has 0 aromatic carbocycles. The van der Waals surface area contributed by atoms with Gasteiger partial charge in [-0.15, -0.1) is 0 Å². The van der Waals surface area contributed by atoms with Gasteiger partial charge in [-0.05, 0) is 64.2 Å². The second-order valence-electron chi connectivity index (χ2n) is 10.0. The van der Waals surface area contributed by atoms with Crippen LogP contribution in [-0.4, -0.2) is 29.6 Å². The lowest BCUT2D eigenvalue weighted by molar-refractivity contribution is 0.0688. The summed E-state index contributed by atoms with van der Waals surface area (Å²) < 4.78 is 34.8. The number of hydrogen-bond acceptors (Lipinski definition) is 7. The minimum absolute atomic E-state index is 0.0354. The molecule has 0 unspecified atom stereocenters. The third-order valence-electron chi connectivity index (χ3n) is 6.41. The lowest BCUT2D eigenvalue weighted by Crippen LogP contribution is -2.26. The highest BCUT2D eigenvalue weighted by molar-refractivity contribution is 5.60. The maximum absolute atomic E-state index is 14.1. The van der Waals surface area contributed by atoms with Crippen LogP contribution in [0, 0.1) is 25.5 Å². The molecule has 196 valence electrons. The molecular weight excluding hydrogens is 492 g/mol. The molecule has 1 aliphatic rings. The molecule has 0 amide bonds. The second kappa shape index (κ2) is 9.68. The summed E-state index contributed by atoms with van der Waals surface area (Å²) in [6.45, 7) is 6.63. The Morgan fingerprint density at radius 2 is 1.84 bits per heavy atom. The van der Waals surface area contributed by atoms with Gasteiger partial charge in [-0.2, -0.15) is 0 Å². The van der Waals surface area contributed by atoms with Crippen LogP contribution in [0.15, 0.2) is 47.7 Å². The largest absolute Gasteiger partial charge is 0.487 e. The van der Waals surface area contributed by atoms with Crippen molar-refractivity contribution in [3.63, 3.8) is 0 Å². The Kier molecular flexibility index (Phi) is 6.52. The highest BCUT2D eigenvalue weighted by atomic mass is 19.1. The lowest BCUT2D eigenvalue weighted by Gasteiger charge is -2.19. The summed E-state index contributed by atoms with van der Waals surface area (Å²) >= 11 is 0. The molecule has 1 fully saturated rings. The average Bonchev–Trinajstić information content (AvgIpc) is 3.69. The zero-order valence-corrected chi connectivity index (χ0v) is 21.5. The standard InChI is InChI=1S/C28H27F2N5O3/c1-15-12-32-21(20-7-8-31-27(34-20)28(3,4)37)11-23(15)35-16(2)9-24(25(26(35)36)17-5-6-17)38-14-22-19(30)10-18(29)13-33-22/h7-13,17,37H,5-6,14H2,1-4H3. The number of nitrogens with zero attached hydrogens (tertiary/aromatic N) is 5. The smallest absolute Gasteiger partial charge is 0.262 e. The maximum Gasteiger partial charge on any atom is 0.262 e. The molecule has 0 spiro atoms. The predicted octanol–water partition coefficient (Wildman–Crippen LogP) is 4.66. The molecule has 0 aliphatic heterocycles. The van der Waals surface area contributed by atoms with Gasteiger partial charge < -0.3 is 9.84 Å². The van der Waals surface area contributed by atoms with Gasteiger partial charge in [-0.25, -0.2) is 18.7 Å². The Labute approximate surface area is 218 Å². The van der Waals surface area contributed by atoms with Gasteiger partial charge in [0, 0.05) is 30.2 Å². The number of hydrogen-bond donors (Lipinski definition) is 1. The Bertz CT molecular complexity index is 1590. The van der Waals surface area contributed by atoms with Crippen LogP contribution < -0.4 is 10.3 Å². The zero-order chi connectivity index (χ0) is 27.2. The molecule has 1 N–H and O–H groups in total. The highest BCUT2D eigenvalue weighted by Gasteiger charge is 2.32. The van der Waals surface area contributed by atoms with Crippen molar-refractivity contribution in [1.29, 1.82) is 0 Å². The number of halogens is 2. The summed E-state index contributed by atoms with van der Waals surface area (Å²) in [6.07, 6.45) is 5.86. The molecular formula is C28H27F2N5O3. The molecule has 0 bridgehead atoms. The lowest BCUT2D eigenvalue weighted by atomic mass is 10.1. The van der Waals surface area contributed by atoms with Crippen molar-refractivity contribution in [3.05, 3.63) is 93.2 Å². The number of rotatable bonds is 7. The van der Waals surface area contributed by atoms with Crippen molar-refractivity contribution >= 4 is 0 Å². The normalized spacial score (nSPS) is 13.6. The molecule has 4 aromatic rings. The summed E-state index contributed by atoms with van der Waals surface area (Å²) in [4.78, 5) is 30.8. The molecule has 10 heteroatoms. The summed E-state index contributed by atoms with van der Waals surface area (Å²) in [5, 5.41) is 10.3. The number of aliphatic hydroxyl groups is 1. The third kappa shape index (κ3) is 5.04. The minimum Gasteiger partial charge on any atom is -0.487 e. The van der Waals surface area contributed by atoms with E-state index in [0.717, 1.165) is 30.7 Å². The van der Waals surface area contributed by atoms with Gasteiger partial charge in [0.1, 0.15) is 29.5 Å². The minimum atomic E-state index is -1.22. The molecule has 5 rings (SSSR count). The highest BCUT2D eigenvalue weighted by Crippen LogP contribution is 2.43. The van der Waals surface area contributed by atoms with Crippen molar-refractivity contribution in [2.24, 2.45) is 0 Å². The SMILES string of the molecule is Cc1cnc(-c2ccnc(C(C)(C)O)n2)cc1-n1c(C)cc(OCc2ncc(F)cc2F)c(C2CC2)c1=O. The monoisotopic (exact) mass is 519 g/mol. The third-order valence-corrected chi connectivity index (χ3v) is 6.41. The number of pyridine rings is 3. The molecule has 0 saturated heterocycles. The van der Waals surface area contributed by atoms with Crippen LogP contribution in [0.4, 0.5) is 8.78 Å². The van der Waals surface area contributed by atoms with Crippen molar-refractivity contribution in [3.8, 4) is 22.8 Å². The van der Waals surface area contributed by atoms with Crippen LogP contribution in [0.5, 0.6) is 5.75 Å². The van der Waals surface area contributed by atoms with Gasteiger partial charge in [0.25, 0.3) is 5.56 Å². The Morgan fingerprint density at radius 3 is 2.53 bits per heavy atom. The van der Waals surface area contributed by atoms with Crippen LogP contribution in [0.1, 0.15) is 60.9 Å². The van der Waals surface area contributed by atoms with E-state index in [9.17, 15) is 18.7 Å². The van der Waals surface area contributed by atoms with E-state index in [4.69, 9.17) is 4.74 Å². The van der Waals surface area contributed by atoms with Crippen LogP contribution >= 0.6 is 0 Å². The Hall–Kier alpha value is -4.05. The molecule has 4 aromatic heterocycles. The fourth-order valence-electron chi connectivity index (χ4n) is 4.27. The predicted molar refractivity (Wildman–Crippen MR) is 136 cm³/mol. The van der Waals surface area contributed by atoms with E-state index in [1.165, 1.54) is 0 Å². The molecule has 1 saturated carbocycles. The van der Waals surface area contributed by atoms with Crippen molar-refractivity contribution < 1.29 is 18.6 Å². The van der Waals surface area contributed by atoms with E-state index in [2.05, 4.69) is 19.9 Å². The Morgan fingerprint density at radius 1 is 1.08 bits per heavy atom. The zero-order valence-electron chi connectivity index (χ0n) is 21.5. The van der Waals surface area contributed by atoms with Crippen molar-refractivity contribution in [1.82, 2.24) is 24.5 Å². The fourth-order valence-corrected chi connectivity index (χ4v) is 4.27. The van der Waals surface area contributed by atoms with Crippen LogP contribution in [-0.2, 0) is 12.2 Å². The molecule has 0 atom stereocenters. The van der Waals surface area contributed by atoms with Gasteiger partial charge in [-0.1, -0.05) is 0 Å². The molecule has 1 aliphatic carbocycles. The van der Waals surface area contributed by atoms with E-state index in [-0.39, 0.29) is 29.6 Å². The quantitative estimate of drug-likeness (QED) is 0.379. The van der Waals surface area contributed by atoms with Gasteiger partial charge in [-0.3, -0.25) is 19.3 Å². The first-order valence-corrected chi connectivity index (χ1v) is 12.3. The maximum atomic E-state index is 14.1. The van der Waals surface area contributed by atoms with Crippen molar-refractivity contribution in [2.75, 3.05) is 0 Å². The van der Waals surface area contributed by atoms with Gasteiger partial charge in [0.15, 0.2) is 11.6 Å². The molecule has 38 heavy (non-hydrogen) atoms. The average molecular weight is 520 g/mol. The number of aromatic nitrogens is 5. The van der Waals surface area contributed by atoms with Gasteiger partial charge >= 0.3 is 0 Å². The topological polar surface area (TPSA) is 103 Å². The second-order valence-corrected chi connectivity index (χ2v) is 10.0. The van der Waals surface area contributed by atoms with E-state index in [1.54, 1.807) is 55.9 Å². The van der Waals surface area contributed by atoms with E-state index < -0.39 is 17.2 Å². The number of aryl methyl sites for hydroxylation is 2. The summed E-state index contributed by atoms with van der Waals surface area (Å²) in [5.74, 6) is -0.909. The summed E-state index contributed by atoms with van der Waals surface area (Å²) in [6, 6.07) is 5.99. The van der Waals surface area contributed by atoms with Gasteiger partial charge in [0.2, 0.25) is 0 Å². The summed E-state index contributed by atoms with van der Waals surface area (Å²) in [5.41, 5.74) is 2.10. The first-order valence-electron chi connectivity index (χ1n) is 12.3. The Balaban J connectivity index is 1.56. The molecule has 8 nitrogen and oxygen atoms in total. The molecule has 0 radical (unpaired) electrons. The van der Waals surface area contributed by atoms with E-state index >= 15 is 0 Å². The van der Waals surface area contributed by atoms with Crippen LogP contribution in [0.25, 0.3) is 17.1 Å². The van der Waals surface area contributed by atoms with Crippen molar-refractivity contribution in [2.45, 2.75) is 58.7 Å². The van der Waals surface area contributed by atoms with Crippen LogP contribution in [0.2, 0.25) is 0 Å². The van der Waals surface area contributed by atoms with Crippen LogP contribution in [0.3, 0.4) is 0 Å². The first-order chi connectivity index (χ1) is 18.0. The fraction of sp³-hybridized carbons (Fsp3) is 0.321. The number of ether oxygens (including phenoxy) is 1. The molecule has 4 heterocycles. The van der Waals surface area contributed by atoms with Gasteiger partial charge in [0.05, 0.1) is 28.8 Å². The summed E-state index contributed by atoms with van der Waals surface area (Å²) in [7, 11) is 0. The van der Waals surface area contributed by atoms with E-state index in [0.29, 0.717) is 34.1 Å². The van der Waals surface area contributed by atoms with E-state index in [1.807, 2.05) is 6.92 Å². The first kappa shape index (κ1) is 25.6.